The van der Waals surface area contributed by atoms with E-state index in [1.54, 1.807) is 19.2 Å². The molecule has 3 aliphatic rings. The molecular formula is C27H25N6O4-. The third-order valence-electron chi connectivity index (χ3n) is 7.84. The van der Waals surface area contributed by atoms with E-state index in [1.807, 2.05) is 23.1 Å². The summed E-state index contributed by atoms with van der Waals surface area (Å²) in [6.07, 6.45) is 5.86. The maximum absolute atomic E-state index is 13.5. The van der Waals surface area contributed by atoms with E-state index in [1.165, 1.54) is 0 Å². The van der Waals surface area contributed by atoms with Gasteiger partial charge in [0.2, 0.25) is 0 Å². The van der Waals surface area contributed by atoms with E-state index in [0.717, 1.165) is 23.7 Å². The molecule has 4 aromatic rings. The predicted octanol–water partition coefficient (Wildman–Crippen LogP) is 3.43. The number of benzene rings is 2. The topological polar surface area (TPSA) is 114 Å². The molecule has 2 fully saturated rings. The Hall–Kier alpha value is -4.21. The lowest BCUT2D eigenvalue weighted by molar-refractivity contribution is -0.00570. The van der Waals surface area contributed by atoms with Crippen molar-refractivity contribution >= 4 is 22.6 Å². The number of nitrogens with zero attached hydrogens (tertiary/aromatic N) is 6. The summed E-state index contributed by atoms with van der Waals surface area (Å²) in [5, 5.41) is 15.8. The molecule has 1 saturated carbocycles. The number of fused-ring (bicyclic) bond motifs is 2. The molecule has 0 atom stereocenters. The summed E-state index contributed by atoms with van der Waals surface area (Å²) in [6, 6.07) is 11.7. The fourth-order valence-electron chi connectivity index (χ4n) is 5.66. The minimum atomic E-state index is -0.607. The van der Waals surface area contributed by atoms with Crippen molar-refractivity contribution in [2.45, 2.75) is 43.7 Å². The second kappa shape index (κ2) is 8.16. The number of tetrazole rings is 1. The minimum absolute atomic E-state index is 0.0198. The van der Waals surface area contributed by atoms with Crippen LogP contribution in [0.3, 0.4) is 0 Å². The Balaban J connectivity index is 1.10. The zero-order valence-electron chi connectivity index (χ0n) is 20.4. The number of methoxy groups -OCH3 is 1. The van der Waals surface area contributed by atoms with Gasteiger partial charge in [-0.3, -0.25) is 19.9 Å². The van der Waals surface area contributed by atoms with Crippen LogP contribution < -0.4 is 14.6 Å². The Morgan fingerprint density at radius 2 is 2.00 bits per heavy atom. The number of rotatable bonds is 4. The number of hydrogen-bond donors (Lipinski definition) is 0. The summed E-state index contributed by atoms with van der Waals surface area (Å²) in [5.74, 6) is 1.64. The number of amides is 1. The zero-order valence-corrected chi connectivity index (χ0v) is 20.4. The van der Waals surface area contributed by atoms with E-state index >= 15 is 0 Å². The molecule has 1 spiro atoms. The Bertz CT molecular complexity index is 1530. The largest absolute Gasteiger partial charge is 0.496 e. The van der Waals surface area contributed by atoms with Crippen LogP contribution in [0.1, 0.15) is 58.9 Å². The van der Waals surface area contributed by atoms with Gasteiger partial charge in [-0.2, -0.15) is 5.21 Å². The summed E-state index contributed by atoms with van der Waals surface area (Å²) in [5.41, 5.74) is 2.25. The first-order chi connectivity index (χ1) is 18.0. The van der Waals surface area contributed by atoms with Gasteiger partial charge >= 0.3 is 0 Å². The van der Waals surface area contributed by atoms with Crippen molar-refractivity contribution in [1.82, 2.24) is 30.1 Å². The first kappa shape index (κ1) is 22.0. The molecule has 1 aliphatic carbocycles. The number of ketones is 1. The Morgan fingerprint density at radius 1 is 1.16 bits per heavy atom. The molecule has 188 valence electrons. The van der Waals surface area contributed by atoms with Crippen molar-refractivity contribution in [2.75, 3.05) is 20.2 Å². The van der Waals surface area contributed by atoms with E-state index in [0.29, 0.717) is 66.0 Å². The maximum atomic E-state index is 13.5. The van der Waals surface area contributed by atoms with Crippen LogP contribution in [0.25, 0.3) is 22.3 Å². The van der Waals surface area contributed by atoms with Crippen LogP contribution in [0.2, 0.25) is 0 Å². The highest BCUT2D eigenvalue weighted by molar-refractivity contribution is 6.02. The molecule has 2 aliphatic heterocycles. The quantitative estimate of drug-likeness (QED) is 0.421. The molecule has 0 bridgehead atoms. The number of carbonyl (C=O) groups excluding carboxylic acids is 2. The predicted molar refractivity (Wildman–Crippen MR) is 133 cm³/mol. The monoisotopic (exact) mass is 497 g/mol. The zero-order chi connectivity index (χ0) is 25.1. The van der Waals surface area contributed by atoms with Crippen LogP contribution in [-0.4, -0.2) is 62.5 Å². The second-order valence-electron chi connectivity index (χ2n) is 10.2. The molecule has 1 saturated heterocycles. The third-order valence-corrected chi connectivity index (χ3v) is 7.84. The summed E-state index contributed by atoms with van der Waals surface area (Å²) in [7, 11) is 1.64. The van der Waals surface area contributed by atoms with Crippen LogP contribution in [0.15, 0.2) is 42.6 Å². The highest BCUT2D eigenvalue weighted by atomic mass is 16.5. The number of hydrogen-bond acceptors (Lipinski definition) is 7. The fourth-order valence-corrected chi connectivity index (χ4v) is 5.66. The average molecular weight is 498 g/mol. The Kier molecular flexibility index (Phi) is 4.85. The highest BCUT2D eigenvalue weighted by Crippen LogP contribution is 2.42. The van der Waals surface area contributed by atoms with Gasteiger partial charge in [0.05, 0.1) is 24.6 Å². The number of ether oxygens (including phenoxy) is 2. The second-order valence-corrected chi connectivity index (χ2v) is 10.2. The summed E-state index contributed by atoms with van der Waals surface area (Å²) in [6.45, 7) is 1.03. The van der Waals surface area contributed by atoms with E-state index in [4.69, 9.17) is 9.47 Å². The van der Waals surface area contributed by atoms with Crippen LogP contribution in [0.5, 0.6) is 11.5 Å². The van der Waals surface area contributed by atoms with Crippen molar-refractivity contribution < 1.29 is 19.1 Å². The van der Waals surface area contributed by atoms with Crippen LogP contribution in [-0.2, 0) is 0 Å². The minimum Gasteiger partial charge on any atom is -0.496 e. The summed E-state index contributed by atoms with van der Waals surface area (Å²) < 4.78 is 14.3. The fraction of sp³-hybridized carbons (Fsp3) is 0.370. The molecule has 0 N–H and O–H groups in total. The van der Waals surface area contributed by atoms with Crippen molar-refractivity contribution in [3.63, 3.8) is 0 Å². The van der Waals surface area contributed by atoms with Crippen molar-refractivity contribution in [3.05, 3.63) is 53.7 Å². The molecule has 2 aromatic carbocycles. The van der Waals surface area contributed by atoms with Gasteiger partial charge in [0.25, 0.3) is 5.91 Å². The van der Waals surface area contributed by atoms with Crippen LogP contribution >= 0.6 is 0 Å². The van der Waals surface area contributed by atoms with Gasteiger partial charge in [-0.15, -0.1) is 0 Å². The number of aromatic nitrogens is 5. The standard InChI is InChI=1S/C27H25N6O4/c1-36-24-14-17(13-21-19(24)6-9-33(21)18-3-4-18)26(35)32-10-7-27(8-11-32)15-22(34)20-12-16(2-5-23(20)37-27)25-28-30-31-29-25/h2,5-6,9,12-14,18H,3-4,7-8,10-11,15H2,1H3/q-1. The van der Waals surface area contributed by atoms with Gasteiger partial charge in [-0.25, -0.2) is 0 Å². The molecule has 7 rings (SSSR count). The summed E-state index contributed by atoms with van der Waals surface area (Å²) >= 11 is 0. The molecule has 1 amide bonds. The average Bonchev–Trinajstić information content (AvgIpc) is 3.43. The molecule has 10 nitrogen and oxygen atoms in total. The van der Waals surface area contributed by atoms with E-state index in [9.17, 15) is 9.59 Å². The normalized spacial score (nSPS) is 18.6. The van der Waals surface area contributed by atoms with Gasteiger partial charge in [0.15, 0.2) is 5.78 Å². The number of carbonyl (C=O) groups is 2. The number of likely N-dealkylation sites (tertiary alicyclic amines) is 1. The lowest BCUT2D eigenvalue weighted by atomic mass is 9.82. The van der Waals surface area contributed by atoms with Gasteiger partial charge < -0.3 is 24.0 Å². The molecule has 0 radical (unpaired) electrons. The lowest BCUT2D eigenvalue weighted by Gasteiger charge is -2.44. The molecule has 37 heavy (non-hydrogen) atoms. The summed E-state index contributed by atoms with van der Waals surface area (Å²) in [4.78, 5) is 28.5. The van der Waals surface area contributed by atoms with Crippen molar-refractivity contribution in [1.29, 1.82) is 0 Å². The van der Waals surface area contributed by atoms with Crippen molar-refractivity contribution in [3.8, 4) is 22.9 Å². The number of Topliss-reactive ketones (excluding diaryl/α,β-unsaturated/α-hetero) is 1. The van der Waals surface area contributed by atoms with E-state index in [2.05, 4.69) is 37.5 Å². The van der Waals surface area contributed by atoms with Crippen molar-refractivity contribution in [2.24, 2.45) is 0 Å². The number of piperidine rings is 1. The Morgan fingerprint density at radius 3 is 2.73 bits per heavy atom. The van der Waals surface area contributed by atoms with Crippen LogP contribution in [0.4, 0.5) is 0 Å². The molecule has 0 unspecified atom stereocenters. The SMILES string of the molecule is COc1cc(C(=O)N2CCC3(CC2)CC(=O)c2cc(-c4nnn[n-]4)ccc2O3)cc2c1ccn2C1CC1. The van der Waals surface area contributed by atoms with Gasteiger partial charge in [-0.1, -0.05) is 6.07 Å². The molecule has 10 heteroatoms. The van der Waals surface area contributed by atoms with Gasteiger partial charge in [0, 0.05) is 54.9 Å². The lowest BCUT2D eigenvalue weighted by Crippen LogP contribution is -2.52. The molecular weight excluding hydrogens is 472 g/mol. The molecule has 2 aromatic heterocycles. The maximum Gasteiger partial charge on any atom is 0.254 e. The van der Waals surface area contributed by atoms with Gasteiger partial charge in [0.1, 0.15) is 17.1 Å². The van der Waals surface area contributed by atoms with E-state index in [-0.39, 0.29) is 18.1 Å². The first-order valence-electron chi connectivity index (χ1n) is 12.6. The van der Waals surface area contributed by atoms with Gasteiger partial charge in [-0.05, 0) is 48.7 Å². The first-order valence-corrected chi connectivity index (χ1v) is 12.6. The smallest absolute Gasteiger partial charge is 0.254 e. The van der Waals surface area contributed by atoms with E-state index < -0.39 is 5.60 Å². The third kappa shape index (κ3) is 3.66. The highest BCUT2D eigenvalue weighted by Gasteiger charge is 2.44. The van der Waals surface area contributed by atoms with Crippen LogP contribution in [0, 0.1) is 0 Å². The Labute approximate surface area is 212 Å². The molecule has 4 heterocycles.